The van der Waals surface area contributed by atoms with E-state index in [1.807, 2.05) is 6.07 Å². The van der Waals surface area contributed by atoms with Crippen molar-refractivity contribution in [3.63, 3.8) is 0 Å². The summed E-state index contributed by atoms with van der Waals surface area (Å²) < 4.78 is 5.84. The fourth-order valence-corrected chi connectivity index (χ4v) is 2.70. The molecule has 1 fully saturated rings. The highest BCUT2D eigenvalue weighted by Crippen LogP contribution is 2.26. The van der Waals surface area contributed by atoms with Crippen molar-refractivity contribution in [3.05, 3.63) is 21.8 Å². The van der Waals surface area contributed by atoms with Gasteiger partial charge in [-0.3, -0.25) is 0 Å². The minimum atomic E-state index is -0.253. The van der Waals surface area contributed by atoms with Crippen molar-refractivity contribution >= 4 is 39.4 Å². The first-order chi connectivity index (χ1) is 9.11. The number of anilines is 1. The number of aromatic nitrogens is 1. The first-order valence-electron chi connectivity index (χ1n) is 6.09. The van der Waals surface area contributed by atoms with Gasteiger partial charge in [-0.2, -0.15) is 0 Å². The van der Waals surface area contributed by atoms with E-state index in [1.54, 1.807) is 18.0 Å². The van der Waals surface area contributed by atoms with E-state index in [1.165, 1.54) is 0 Å². The second kappa shape index (κ2) is 6.43. The van der Waals surface area contributed by atoms with Crippen LogP contribution in [0.3, 0.4) is 0 Å². The molecule has 5 nitrogen and oxygen atoms in total. The molecule has 1 saturated heterocycles. The SMILES string of the molecule is CCOC(=O)N1CCN(c2ncc(Br)cc2Cl)CC1. The lowest BCUT2D eigenvalue weighted by molar-refractivity contribution is 0.105. The van der Waals surface area contributed by atoms with E-state index in [9.17, 15) is 4.79 Å². The number of hydrogen-bond donors (Lipinski definition) is 0. The number of piperazine rings is 1. The third-order valence-corrected chi connectivity index (χ3v) is 3.61. The average molecular weight is 349 g/mol. The molecule has 0 bridgehead atoms. The van der Waals surface area contributed by atoms with Crippen molar-refractivity contribution < 1.29 is 9.53 Å². The van der Waals surface area contributed by atoms with E-state index in [0.29, 0.717) is 37.8 Å². The molecule has 1 amide bonds. The zero-order chi connectivity index (χ0) is 13.8. The number of carbonyl (C=O) groups excluding carboxylic acids is 1. The van der Waals surface area contributed by atoms with Gasteiger partial charge in [-0.15, -0.1) is 0 Å². The van der Waals surface area contributed by atoms with Crippen LogP contribution in [-0.2, 0) is 4.74 Å². The van der Waals surface area contributed by atoms with Crippen LogP contribution in [0.4, 0.5) is 10.6 Å². The fourth-order valence-electron chi connectivity index (χ4n) is 1.96. The van der Waals surface area contributed by atoms with E-state index in [2.05, 4.69) is 25.8 Å². The number of carbonyl (C=O) groups is 1. The Morgan fingerprint density at radius 3 is 2.74 bits per heavy atom. The topological polar surface area (TPSA) is 45.7 Å². The number of halogens is 2. The van der Waals surface area contributed by atoms with Crippen LogP contribution in [-0.4, -0.2) is 48.8 Å². The molecule has 2 rings (SSSR count). The van der Waals surface area contributed by atoms with Gasteiger partial charge in [0.05, 0.1) is 11.6 Å². The normalized spacial score (nSPS) is 15.5. The second-order valence-electron chi connectivity index (χ2n) is 4.13. The van der Waals surface area contributed by atoms with Gasteiger partial charge in [0.15, 0.2) is 0 Å². The monoisotopic (exact) mass is 347 g/mol. The summed E-state index contributed by atoms with van der Waals surface area (Å²) in [5.41, 5.74) is 0. The van der Waals surface area contributed by atoms with Crippen LogP contribution in [0.1, 0.15) is 6.92 Å². The molecule has 19 heavy (non-hydrogen) atoms. The van der Waals surface area contributed by atoms with Crippen LogP contribution in [0.15, 0.2) is 16.7 Å². The van der Waals surface area contributed by atoms with Gasteiger partial charge in [0.25, 0.3) is 0 Å². The Hall–Kier alpha value is -1.01. The molecule has 0 aromatic carbocycles. The minimum absolute atomic E-state index is 0.253. The van der Waals surface area contributed by atoms with E-state index in [0.717, 1.165) is 10.3 Å². The summed E-state index contributed by atoms with van der Waals surface area (Å²) in [7, 11) is 0. The van der Waals surface area contributed by atoms with Gasteiger partial charge in [0, 0.05) is 36.8 Å². The Morgan fingerprint density at radius 1 is 1.47 bits per heavy atom. The van der Waals surface area contributed by atoms with Crippen LogP contribution in [0.5, 0.6) is 0 Å². The predicted octanol–water partition coefficient (Wildman–Crippen LogP) is 2.78. The minimum Gasteiger partial charge on any atom is -0.450 e. The molecule has 2 heterocycles. The lowest BCUT2D eigenvalue weighted by Crippen LogP contribution is -2.49. The lowest BCUT2D eigenvalue weighted by Gasteiger charge is -2.35. The Balaban J connectivity index is 1.98. The number of amides is 1. The van der Waals surface area contributed by atoms with Crippen molar-refractivity contribution in [1.82, 2.24) is 9.88 Å². The lowest BCUT2D eigenvalue weighted by atomic mass is 10.3. The van der Waals surface area contributed by atoms with Crippen molar-refractivity contribution in [1.29, 1.82) is 0 Å². The van der Waals surface area contributed by atoms with Gasteiger partial charge in [-0.25, -0.2) is 9.78 Å². The summed E-state index contributed by atoms with van der Waals surface area (Å²) in [4.78, 5) is 19.7. The predicted molar refractivity (Wildman–Crippen MR) is 77.8 cm³/mol. The van der Waals surface area contributed by atoms with Gasteiger partial charge in [-0.1, -0.05) is 11.6 Å². The third-order valence-electron chi connectivity index (χ3n) is 2.89. The fraction of sp³-hybridized carbons (Fsp3) is 0.500. The summed E-state index contributed by atoms with van der Waals surface area (Å²) in [6.07, 6.45) is 1.47. The van der Waals surface area contributed by atoms with Crippen LogP contribution in [0, 0.1) is 0 Å². The van der Waals surface area contributed by atoms with Gasteiger partial charge < -0.3 is 14.5 Å². The molecule has 0 aliphatic carbocycles. The molecular formula is C12H15BrClN3O2. The van der Waals surface area contributed by atoms with E-state index in [4.69, 9.17) is 16.3 Å². The third kappa shape index (κ3) is 3.51. The quantitative estimate of drug-likeness (QED) is 0.824. The highest BCUT2D eigenvalue weighted by molar-refractivity contribution is 9.10. The van der Waals surface area contributed by atoms with Crippen LogP contribution in [0.2, 0.25) is 5.02 Å². The maximum absolute atomic E-state index is 11.6. The molecule has 0 spiro atoms. The van der Waals surface area contributed by atoms with Crippen molar-refractivity contribution in [2.75, 3.05) is 37.7 Å². The molecule has 1 aromatic rings. The zero-order valence-electron chi connectivity index (χ0n) is 10.6. The van der Waals surface area contributed by atoms with Crippen molar-refractivity contribution in [3.8, 4) is 0 Å². The summed E-state index contributed by atoms with van der Waals surface area (Å²) in [5.74, 6) is 0.758. The molecule has 0 radical (unpaired) electrons. The van der Waals surface area contributed by atoms with Gasteiger partial charge >= 0.3 is 6.09 Å². The molecule has 104 valence electrons. The molecule has 0 unspecified atom stereocenters. The zero-order valence-corrected chi connectivity index (χ0v) is 12.9. The van der Waals surface area contributed by atoms with Crippen LogP contribution >= 0.6 is 27.5 Å². The highest BCUT2D eigenvalue weighted by Gasteiger charge is 2.23. The van der Waals surface area contributed by atoms with Gasteiger partial charge in [0.2, 0.25) is 0 Å². The van der Waals surface area contributed by atoms with Crippen LogP contribution < -0.4 is 4.90 Å². The second-order valence-corrected chi connectivity index (χ2v) is 5.45. The summed E-state index contributed by atoms with van der Waals surface area (Å²) in [6, 6.07) is 1.82. The Morgan fingerprint density at radius 2 is 2.16 bits per heavy atom. The molecule has 0 saturated carbocycles. The molecule has 1 aliphatic heterocycles. The molecule has 1 aromatic heterocycles. The number of hydrogen-bond acceptors (Lipinski definition) is 4. The molecule has 0 atom stereocenters. The van der Waals surface area contributed by atoms with Crippen molar-refractivity contribution in [2.45, 2.75) is 6.92 Å². The van der Waals surface area contributed by atoms with Gasteiger partial charge in [0.1, 0.15) is 5.82 Å². The van der Waals surface area contributed by atoms with E-state index in [-0.39, 0.29) is 6.09 Å². The van der Waals surface area contributed by atoms with Crippen LogP contribution in [0.25, 0.3) is 0 Å². The smallest absolute Gasteiger partial charge is 0.409 e. The van der Waals surface area contributed by atoms with Gasteiger partial charge in [-0.05, 0) is 28.9 Å². The van der Waals surface area contributed by atoms with E-state index < -0.39 is 0 Å². The summed E-state index contributed by atoms with van der Waals surface area (Å²) in [5, 5.41) is 0.610. The highest BCUT2D eigenvalue weighted by atomic mass is 79.9. The average Bonchev–Trinajstić information content (AvgIpc) is 2.39. The summed E-state index contributed by atoms with van der Waals surface area (Å²) in [6.45, 7) is 4.85. The molecular weight excluding hydrogens is 334 g/mol. The molecule has 1 aliphatic rings. The Labute approximate surface area is 125 Å². The number of nitrogens with zero attached hydrogens (tertiary/aromatic N) is 3. The first-order valence-corrected chi connectivity index (χ1v) is 7.26. The summed E-state index contributed by atoms with van der Waals surface area (Å²) >= 11 is 9.50. The maximum atomic E-state index is 11.6. The Bertz CT molecular complexity index is 464. The molecule has 0 N–H and O–H groups in total. The maximum Gasteiger partial charge on any atom is 0.409 e. The number of pyridine rings is 1. The largest absolute Gasteiger partial charge is 0.450 e. The molecule has 7 heteroatoms. The number of rotatable bonds is 2. The standard InChI is InChI=1S/C12H15BrClN3O2/c1-2-19-12(18)17-5-3-16(4-6-17)11-10(14)7-9(13)8-15-11/h7-8H,2-6H2,1H3. The van der Waals surface area contributed by atoms with E-state index >= 15 is 0 Å². The Kier molecular flexibility index (Phi) is 4.87. The number of ether oxygens (including phenoxy) is 1. The van der Waals surface area contributed by atoms with Crippen molar-refractivity contribution in [2.24, 2.45) is 0 Å². The first kappa shape index (κ1) is 14.4.